The van der Waals surface area contributed by atoms with E-state index in [0.29, 0.717) is 17.7 Å². The number of carbonyl (C=O) groups excluding carboxylic acids is 1. The molecule has 106 valence electrons. The molecule has 0 aromatic rings. The molecule has 0 radical (unpaired) electrons. The summed E-state index contributed by atoms with van der Waals surface area (Å²) in [5.74, 6) is -1.69. The van der Waals surface area contributed by atoms with Crippen LogP contribution in [0.4, 0.5) is 13.2 Å². The predicted octanol–water partition coefficient (Wildman–Crippen LogP) is 1.07. The number of halogens is 3. The lowest BCUT2D eigenvalue weighted by atomic mass is 10.0. The second kappa shape index (κ2) is 7.52. The van der Waals surface area contributed by atoms with E-state index in [4.69, 9.17) is 10.8 Å². The number of aliphatic hydroxyl groups excluding tert-OH is 1. The number of amides is 1. The molecule has 0 aromatic carbocycles. The van der Waals surface area contributed by atoms with Crippen molar-refractivity contribution in [1.82, 2.24) is 4.90 Å². The second-order valence-corrected chi connectivity index (χ2v) is 4.31. The standard InChI is InChI=1S/C10H17F3N2O2S/c1-2-3-7(8(14)18)9(17)15(4-5-16)6-10(11,12)13/h7,16H,2-6H2,1H3,(H2,14,18). The Morgan fingerprint density at radius 3 is 2.39 bits per heavy atom. The number of carbonyl (C=O) groups is 1. The lowest BCUT2D eigenvalue weighted by Crippen LogP contribution is -2.46. The Bertz CT molecular complexity index is 297. The van der Waals surface area contributed by atoms with E-state index in [-0.39, 0.29) is 11.5 Å². The molecule has 0 fully saturated rings. The van der Waals surface area contributed by atoms with E-state index in [0.717, 1.165) is 0 Å². The van der Waals surface area contributed by atoms with Crippen LogP contribution in [0.15, 0.2) is 0 Å². The van der Waals surface area contributed by atoms with Gasteiger partial charge in [-0.2, -0.15) is 13.2 Å². The molecular formula is C10H17F3N2O2S. The van der Waals surface area contributed by atoms with E-state index in [2.05, 4.69) is 12.2 Å². The molecule has 0 saturated carbocycles. The molecule has 4 nitrogen and oxygen atoms in total. The molecule has 0 aliphatic heterocycles. The zero-order chi connectivity index (χ0) is 14.3. The van der Waals surface area contributed by atoms with Crippen molar-refractivity contribution >= 4 is 23.1 Å². The second-order valence-electron chi connectivity index (χ2n) is 3.84. The Morgan fingerprint density at radius 1 is 1.50 bits per heavy atom. The van der Waals surface area contributed by atoms with E-state index in [1.807, 2.05) is 0 Å². The molecule has 0 heterocycles. The average molecular weight is 286 g/mol. The van der Waals surface area contributed by atoms with Crippen molar-refractivity contribution in [2.45, 2.75) is 25.9 Å². The first-order valence-electron chi connectivity index (χ1n) is 5.48. The molecule has 0 saturated heterocycles. The van der Waals surface area contributed by atoms with E-state index >= 15 is 0 Å². The van der Waals surface area contributed by atoms with Gasteiger partial charge in [-0.3, -0.25) is 4.79 Å². The number of hydrogen-bond donors (Lipinski definition) is 2. The monoisotopic (exact) mass is 286 g/mol. The van der Waals surface area contributed by atoms with Gasteiger partial charge in [-0.25, -0.2) is 0 Å². The van der Waals surface area contributed by atoms with Gasteiger partial charge in [-0.1, -0.05) is 25.6 Å². The van der Waals surface area contributed by atoms with Crippen LogP contribution >= 0.6 is 12.2 Å². The molecule has 18 heavy (non-hydrogen) atoms. The summed E-state index contributed by atoms with van der Waals surface area (Å²) in [6.07, 6.45) is -3.64. The fraction of sp³-hybridized carbons (Fsp3) is 0.800. The largest absolute Gasteiger partial charge is 0.406 e. The van der Waals surface area contributed by atoms with Crippen molar-refractivity contribution in [3.05, 3.63) is 0 Å². The van der Waals surface area contributed by atoms with Gasteiger partial charge in [-0.15, -0.1) is 0 Å². The summed E-state index contributed by atoms with van der Waals surface area (Å²) in [5.41, 5.74) is 5.36. The van der Waals surface area contributed by atoms with Gasteiger partial charge < -0.3 is 15.7 Å². The number of alkyl halides is 3. The zero-order valence-corrected chi connectivity index (χ0v) is 10.9. The molecule has 1 atom stereocenters. The van der Waals surface area contributed by atoms with Crippen LogP contribution in [-0.4, -0.2) is 46.8 Å². The van der Waals surface area contributed by atoms with Crippen LogP contribution in [0.3, 0.4) is 0 Å². The van der Waals surface area contributed by atoms with E-state index in [1.54, 1.807) is 6.92 Å². The van der Waals surface area contributed by atoms with Gasteiger partial charge in [0.05, 0.1) is 17.5 Å². The maximum atomic E-state index is 12.3. The number of aliphatic hydroxyl groups is 1. The highest BCUT2D eigenvalue weighted by atomic mass is 32.1. The molecule has 1 amide bonds. The smallest absolute Gasteiger partial charge is 0.395 e. The lowest BCUT2D eigenvalue weighted by molar-refractivity contribution is -0.163. The first kappa shape index (κ1) is 17.1. The maximum absolute atomic E-state index is 12.3. The first-order chi connectivity index (χ1) is 8.22. The third-order valence-electron chi connectivity index (χ3n) is 2.27. The van der Waals surface area contributed by atoms with Gasteiger partial charge in [0.1, 0.15) is 6.54 Å². The summed E-state index contributed by atoms with van der Waals surface area (Å²) < 4.78 is 36.9. The molecule has 8 heteroatoms. The number of nitrogens with two attached hydrogens (primary N) is 1. The highest BCUT2D eigenvalue weighted by Gasteiger charge is 2.35. The Labute approximate surface area is 109 Å². The fourth-order valence-corrected chi connectivity index (χ4v) is 1.72. The predicted molar refractivity (Wildman–Crippen MR) is 64.9 cm³/mol. The number of nitrogens with zero attached hydrogens (tertiary/aromatic N) is 1. The van der Waals surface area contributed by atoms with E-state index in [9.17, 15) is 18.0 Å². The molecule has 0 bridgehead atoms. The molecule has 0 spiro atoms. The quantitative estimate of drug-likeness (QED) is 0.687. The lowest BCUT2D eigenvalue weighted by Gasteiger charge is -2.27. The molecule has 3 N–H and O–H groups in total. The third-order valence-corrected chi connectivity index (χ3v) is 2.56. The van der Waals surface area contributed by atoms with Crippen molar-refractivity contribution in [1.29, 1.82) is 0 Å². The number of thiocarbonyl (C=S) groups is 1. The topological polar surface area (TPSA) is 66.6 Å². The van der Waals surface area contributed by atoms with Crippen molar-refractivity contribution in [3.8, 4) is 0 Å². The summed E-state index contributed by atoms with van der Waals surface area (Å²) in [5, 5.41) is 8.71. The Kier molecular flexibility index (Phi) is 7.15. The molecule has 0 aliphatic rings. The van der Waals surface area contributed by atoms with Crippen LogP contribution in [0.1, 0.15) is 19.8 Å². The summed E-state index contributed by atoms with van der Waals surface area (Å²) in [6, 6.07) is 0. The minimum Gasteiger partial charge on any atom is -0.395 e. The first-order valence-corrected chi connectivity index (χ1v) is 5.89. The summed E-state index contributed by atoms with van der Waals surface area (Å²) in [7, 11) is 0. The molecule has 0 aliphatic carbocycles. The Hall–Kier alpha value is -0.890. The minimum atomic E-state index is -4.52. The van der Waals surface area contributed by atoms with Gasteiger partial charge in [0.15, 0.2) is 0 Å². The maximum Gasteiger partial charge on any atom is 0.406 e. The molecule has 0 rings (SSSR count). The van der Waals surface area contributed by atoms with E-state index in [1.165, 1.54) is 0 Å². The summed E-state index contributed by atoms with van der Waals surface area (Å²) in [4.78, 5) is 12.3. The molecular weight excluding hydrogens is 269 g/mol. The van der Waals surface area contributed by atoms with Gasteiger partial charge >= 0.3 is 6.18 Å². The van der Waals surface area contributed by atoms with Gasteiger partial charge in [-0.05, 0) is 6.42 Å². The third kappa shape index (κ3) is 6.15. The Balaban J connectivity index is 4.86. The zero-order valence-electron chi connectivity index (χ0n) is 10.0. The van der Waals surface area contributed by atoms with Crippen LogP contribution in [0, 0.1) is 5.92 Å². The van der Waals surface area contributed by atoms with Crippen molar-refractivity contribution < 1.29 is 23.1 Å². The van der Waals surface area contributed by atoms with Crippen LogP contribution in [0.25, 0.3) is 0 Å². The van der Waals surface area contributed by atoms with Crippen LogP contribution in [0.2, 0.25) is 0 Å². The van der Waals surface area contributed by atoms with Gasteiger partial charge in [0, 0.05) is 6.54 Å². The minimum absolute atomic E-state index is 0.119. The van der Waals surface area contributed by atoms with Crippen molar-refractivity contribution in [2.24, 2.45) is 11.7 Å². The van der Waals surface area contributed by atoms with Crippen LogP contribution < -0.4 is 5.73 Å². The molecule has 0 aromatic heterocycles. The van der Waals surface area contributed by atoms with Gasteiger partial charge in [0.2, 0.25) is 5.91 Å². The highest BCUT2D eigenvalue weighted by Crippen LogP contribution is 2.19. The Morgan fingerprint density at radius 2 is 2.06 bits per heavy atom. The number of rotatable bonds is 7. The van der Waals surface area contributed by atoms with Crippen molar-refractivity contribution in [3.63, 3.8) is 0 Å². The van der Waals surface area contributed by atoms with Crippen LogP contribution in [0.5, 0.6) is 0 Å². The van der Waals surface area contributed by atoms with E-state index < -0.39 is 31.2 Å². The van der Waals surface area contributed by atoms with Gasteiger partial charge in [0.25, 0.3) is 0 Å². The molecule has 1 unspecified atom stereocenters. The number of hydrogen-bond acceptors (Lipinski definition) is 3. The SMILES string of the molecule is CCCC(C(=O)N(CCO)CC(F)(F)F)C(N)=S. The summed E-state index contributed by atoms with van der Waals surface area (Å²) >= 11 is 4.69. The fourth-order valence-electron chi connectivity index (χ4n) is 1.50. The normalized spacial score (nSPS) is 13.2. The van der Waals surface area contributed by atoms with Crippen molar-refractivity contribution in [2.75, 3.05) is 19.7 Å². The highest BCUT2D eigenvalue weighted by molar-refractivity contribution is 7.80. The van der Waals surface area contributed by atoms with Crippen LogP contribution in [-0.2, 0) is 4.79 Å². The summed E-state index contributed by atoms with van der Waals surface area (Å²) in [6.45, 7) is -0.562. The average Bonchev–Trinajstić information content (AvgIpc) is 2.22.